The maximum atomic E-state index is 11.6. The minimum atomic E-state index is -0.463. The molecule has 1 aromatic carbocycles. The lowest BCUT2D eigenvalue weighted by molar-refractivity contribution is -0.120. The Labute approximate surface area is 145 Å². The number of carbonyl (C=O) groups excluding carboxylic acids is 2. The summed E-state index contributed by atoms with van der Waals surface area (Å²) in [4.78, 5) is 25.2. The lowest BCUT2D eigenvalue weighted by Gasteiger charge is -2.11. The number of hydrazone groups is 1. The summed E-state index contributed by atoms with van der Waals surface area (Å²) < 4.78 is 5.08. The molecule has 0 spiro atoms. The van der Waals surface area contributed by atoms with Crippen LogP contribution >= 0.6 is 0 Å². The Hall–Kier alpha value is -3.29. The second-order valence-electron chi connectivity index (χ2n) is 5.39. The van der Waals surface area contributed by atoms with Crippen LogP contribution < -0.4 is 21.0 Å². The van der Waals surface area contributed by atoms with Crippen LogP contribution in [0.25, 0.3) is 0 Å². The minimum Gasteiger partial charge on any atom is -0.467 e. The average Bonchev–Trinajstić information content (AvgIpc) is 3.12. The second-order valence-corrected chi connectivity index (χ2v) is 5.39. The molecule has 0 saturated heterocycles. The van der Waals surface area contributed by atoms with Crippen molar-refractivity contribution in [3.8, 4) is 0 Å². The largest absolute Gasteiger partial charge is 0.467 e. The number of carbonyl (C=O) groups is 2. The number of hydrogen-bond donors (Lipinski definition) is 3. The van der Waals surface area contributed by atoms with Gasteiger partial charge in [-0.2, -0.15) is 5.10 Å². The molecule has 0 bridgehead atoms. The fraction of sp³-hybridized carbons (Fsp3) is 0.235. The van der Waals surface area contributed by atoms with E-state index in [4.69, 9.17) is 4.42 Å². The summed E-state index contributed by atoms with van der Waals surface area (Å²) >= 11 is 0. The van der Waals surface area contributed by atoms with Gasteiger partial charge in [-0.25, -0.2) is 10.2 Å². The van der Waals surface area contributed by atoms with Crippen molar-refractivity contribution >= 4 is 23.8 Å². The Morgan fingerprint density at radius 1 is 1.16 bits per heavy atom. The lowest BCUT2D eigenvalue weighted by atomic mass is 10.2. The summed E-state index contributed by atoms with van der Waals surface area (Å²) in [5.41, 5.74) is 4.28. The van der Waals surface area contributed by atoms with Crippen LogP contribution in [0.4, 0.5) is 10.5 Å². The quantitative estimate of drug-likeness (QED) is 0.521. The highest BCUT2D eigenvalue weighted by Gasteiger charge is 2.05. The van der Waals surface area contributed by atoms with Crippen LogP contribution in [0.3, 0.4) is 0 Å². The highest BCUT2D eigenvalue weighted by atomic mass is 16.3. The summed E-state index contributed by atoms with van der Waals surface area (Å²) in [7, 11) is 3.92. The van der Waals surface area contributed by atoms with Crippen LogP contribution in [0.1, 0.15) is 11.3 Å². The molecular formula is C17H21N5O3. The van der Waals surface area contributed by atoms with Crippen LogP contribution in [0.5, 0.6) is 0 Å². The van der Waals surface area contributed by atoms with E-state index >= 15 is 0 Å². The molecule has 0 atom stereocenters. The number of benzene rings is 1. The van der Waals surface area contributed by atoms with Gasteiger partial charge in [0.25, 0.3) is 5.91 Å². The summed E-state index contributed by atoms with van der Waals surface area (Å²) in [6, 6.07) is 10.7. The number of nitrogens with one attached hydrogen (secondary N) is 3. The molecule has 0 saturated carbocycles. The molecule has 8 heteroatoms. The molecule has 0 aliphatic heterocycles. The first-order valence-corrected chi connectivity index (χ1v) is 7.68. The zero-order chi connectivity index (χ0) is 18.1. The maximum absolute atomic E-state index is 11.6. The van der Waals surface area contributed by atoms with E-state index < -0.39 is 11.9 Å². The summed E-state index contributed by atoms with van der Waals surface area (Å²) in [6.07, 6.45) is 3.06. The highest BCUT2D eigenvalue weighted by molar-refractivity contribution is 5.86. The second kappa shape index (κ2) is 9.11. The molecule has 132 valence electrons. The first kappa shape index (κ1) is 18.1. The molecule has 2 aromatic rings. The van der Waals surface area contributed by atoms with Crippen LogP contribution in [-0.2, 0) is 11.3 Å². The fourth-order valence-corrected chi connectivity index (χ4v) is 1.88. The Morgan fingerprint density at radius 3 is 2.56 bits per heavy atom. The summed E-state index contributed by atoms with van der Waals surface area (Å²) in [5, 5.41) is 8.86. The molecule has 1 aromatic heterocycles. The Balaban J connectivity index is 1.66. The first-order valence-electron chi connectivity index (χ1n) is 7.68. The van der Waals surface area contributed by atoms with Gasteiger partial charge in [0.15, 0.2) is 0 Å². The van der Waals surface area contributed by atoms with E-state index in [0.717, 1.165) is 11.3 Å². The zero-order valence-electron chi connectivity index (χ0n) is 14.2. The van der Waals surface area contributed by atoms with Crippen LogP contribution in [-0.4, -0.2) is 38.8 Å². The predicted octanol–water partition coefficient (Wildman–Crippen LogP) is 1.30. The normalized spacial score (nSPS) is 10.5. The number of urea groups is 1. The van der Waals surface area contributed by atoms with E-state index in [1.807, 2.05) is 43.3 Å². The van der Waals surface area contributed by atoms with Crippen molar-refractivity contribution in [1.29, 1.82) is 0 Å². The van der Waals surface area contributed by atoms with Crippen LogP contribution in [0.2, 0.25) is 0 Å². The van der Waals surface area contributed by atoms with Crippen molar-refractivity contribution in [2.75, 3.05) is 25.5 Å². The van der Waals surface area contributed by atoms with E-state index in [2.05, 4.69) is 21.2 Å². The standard InChI is InChI=1S/C17H21N5O3/c1-22(2)14-7-5-13(6-8-14)10-20-21-16(23)12-19-17(24)18-11-15-4-3-9-25-15/h3-10H,11-12H2,1-2H3,(H,21,23)(H2,18,19,24)/b20-10-. The smallest absolute Gasteiger partial charge is 0.315 e. The van der Waals surface area contributed by atoms with Gasteiger partial charge in [0.2, 0.25) is 0 Å². The van der Waals surface area contributed by atoms with Gasteiger partial charge in [0.1, 0.15) is 12.3 Å². The first-order chi connectivity index (χ1) is 12.0. The van der Waals surface area contributed by atoms with E-state index in [-0.39, 0.29) is 13.1 Å². The van der Waals surface area contributed by atoms with Gasteiger partial charge in [-0.1, -0.05) is 12.1 Å². The Bertz CT molecular complexity index is 708. The summed E-state index contributed by atoms with van der Waals surface area (Å²) in [6.45, 7) is 0.0719. The lowest BCUT2D eigenvalue weighted by Crippen LogP contribution is -2.40. The van der Waals surface area contributed by atoms with Gasteiger partial charge >= 0.3 is 6.03 Å². The molecule has 0 aliphatic rings. The Morgan fingerprint density at radius 2 is 1.92 bits per heavy atom. The number of rotatable bonds is 7. The van der Waals surface area contributed by atoms with Crippen molar-refractivity contribution in [1.82, 2.24) is 16.1 Å². The van der Waals surface area contributed by atoms with Gasteiger partial charge in [-0.15, -0.1) is 0 Å². The fourth-order valence-electron chi connectivity index (χ4n) is 1.88. The molecule has 0 radical (unpaired) electrons. The molecule has 25 heavy (non-hydrogen) atoms. The molecule has 1 heterocycles. The SMILES string of the molecule is CN(C)c1ccc(/C=N\NC(=O)CNC(=O)NCc2ccco2)cc1. The molecule has 8 nitrogen and oxygen atoms in total. The van der Waals surface area contributed by atoms with Gasteiger partial charge in [-0.05, 0) is 29.8 Å². The third-order valence-corrected chi connectivity index (χ3v) is 3.23. The molecule has 2 rings (SSSR count). The monoisotopic (exact) mass is 343 g/mol. The molecule has 0 unspecified atom stereocenters. The zero-order valence-corrected chi connectivity index (χ0v) is 14.2. The number of hydrogen-bond acceptors (Lipinski definition) is 5. The number of nitrogens with zero attached hydrogens (tertiary/aromatic N) is 2. The van der Waals surface area contributed by atoms with Gasteiger partial charge in [-0.3, -0.25) is 4.79 Å². The molecule has 3 amide bonds. The van der Waals surface area contributed by atoms with Crippen molar-refractivity contribution in [3.63, 3.8) is 0 Å². The van der Waals surface area contributed by atoms with Crippen LogP contribution in [0, 0.1) is 0 Å². The number of amides is 3. The molecule has 0 aliphatic carbocycles. The third kappa shape index (κ3) is 6.38. The highest BCUT2D eigenvalue weighted by Crippen LogP contribution is 2.10. The Kier molecular flexibility index (Phi) is 6.58. The van der Waals surface area contributed by atoms with Crippen LogP contribution in [0.15, 0.2) is 52.2 Å². The molecule has 0 fully saturated rings. The predicted molar refractivity (Wildman–Crippen MR) is 95.5 cm³/mol. The third-order valence-electron chi connectivity index (χ3n) is 3.23. The van der Waals surface area contributed by atoms with E-state index in [1.165, 1.54) is 12.5 Å². The van der Waals surface area contributed by atoms with Gasteiger partial charge in [0, 0.05) is 19.8 Å². The number of anilines is 1. The van der Waals surface area contributed by atoms with Crippen molar-refractivity contribution in [2.45, 2.75) is 6.54 Å². The summed E-state index contributed by atoms with van der Waals surface area (Å²) in [5.74, 6) is 0.207. The average molecular weight is 343 g/mol. The van der Waals surface area contributed by atoms with E-state index in [0.29, 0.717) is 5.76 Å². The number of furan rings is 1. The topological polar surface area (TPSA) is 99.0 Å². The van der Waals surface area contributed by atoms with Gasteiger partial charge in [0.05, 0.1) is 19.0 Å². The maximum Gasteiger partial charge on any atom is 0.315 e. The van der Waals surface area contributed by atoms with Gasteiger partial charge < -0.3 is 20.0 Å². The van der Waals surface area contributed by atoms with Crippen molar-refractivity contribution in [3.05, 3.63) is 54.0 Å². The molecular weight excluding hydrogens is 322 g/mol. The van der Waals surface area contributed by atoms with Crippen molar-refractivity contribution in [2.24, 2.45) is 5.10 Å². The van der Waals surface area contributed by atoms with Crippen molar-refractivity contribution < 1.29 is 14.0 Å². The van der Waals surface area contributed by atoms with E-state index in [1.54, 1.807) is 12.1 Å². The molecule has 3 N–H and O–H groups in total. The van der Waals surface area contributed by atoms with E-state index in [9.17, 15) is 9.59 Å². The minimum absolute atomic E-state index is 0.180.